The van der Waals surface area contributed by atoms with Crippen LogP contribution in [0.5, 0.6) is 0 Å². The molecule has 2 aromatic carbocycles. The number of hydrogen-bond acceptors (Lipinski definition) is 3. The minimum atomic E-state index is -1.15. The number of aliphatic hydroxyl groups is 1. The van der Waals surface area contributed by atoms with E-state index in [4.69, 9.17) is 11.6 Å². The summed E-state index contributed by atoms with van der Waals surface area (Å²) < 4.78 is 0. The van der Waals surface area contributed by atoms with Gasteiger partial charge in [0.05, 0.1) is 17.7 Å². The van der Waals surface area contributed by atoms with Gasteiger partial charge in [0.1, 0.15) is 5.69 Å². The number of benzene rings is 2. The third kappa shape index (κ3) is 3.95. The fraction of sp³-hybridized carbons (Fsp3) is 0.200. The van der Waals surface area contributed by atoms with Gasteiger partial charge >= 0.3 is 0 Å². The van der Waals surface area contributed by atoms with Crippen LogP contribution in [-0.2, 0) is 4.79 Å². The summed E-state index contributed by atoms with van der Waals surface area (Å²) in [4.78, 5) is 28.3. The molecule has 5 nitrogen and oxygen atoms in total. The first kappa shape index (κ1) is 18.2. The molecule has 0 spiro atoms. The van der Waals surface area contributed by atoms with Crippen molar-refractivity contribution in [3.05, 3.63) is 64.8 Å². The lowest BCUT2D eigenvalue weighted by Gasteiger charge is -2.16. The molecule has 0 fully saturated rings. The molecule has 0 saturated heterocycles. The number of aromatic amines is 1. The number of fused-ring (bicyclic) bond motifs is 1. The van der Waals surface area contributed by atoms with Crippen LogP contribution in [0.25, 0.3) is 10.9 Å². The third-order valence-electron chi connectivity index (χ3n) is 3.88. The summed E-state index contributed by atoms with van der Waals surface area (Å²) in [5, 5.41) is 13.8. The van der Waals surface area contributed by atoms with E-state index in [1.807, 2.05) is 6.07 Å². The van der Waals surface area contributed by atoms with Gasteiger partial charge in [-0.3, -0.25) is 9.59 Å². The SMILES string of the molecule is CC(C)(O)CC(=O)Nc1c(C(=O)c2ccccc2)[nH]c2cc(Cl)ccc12. The topological polar surface area (TPSA) is 82.2 Å². The molecule has 3 rings (SSSR count). The maximum atomic E-state index is 12.9. The molecule has 26 heavy (non-hydrogen) atoms. The van der Waals surface area contributed by atoms with Crippen LogP contribution in [0.2, 0.25) is 5.02 Å². The number of halogens is 1. The van der Waals surface area contributed by atoms with E-state index in [9.17, 15) is 14.7 Å². The Kier molecular flexibility index (Phi) is 4.85. The van der Waals surface area contributed by atoms with E-state index in [-0.39, 0.29) is 23.8 Å². The summed E-state index contributed by atoms with van der Waals surface area (Å²) in [6.07, 6.45) is -0.0910. The second-order valence-corrected chi connectivity index (χ2v) is 7.23. The number of H-pyrrole nitrogens is 1. The van der Waals surface area contributed by atoms with Gasteiger partial charge < -0.3 is 15.4 Å². The Hall–Kier alpha value is -2.63. The Morgan fingerprint density at radius 1 is 1.15 bits per heavy atom. The van der Waals surface area contributed by atoms with Gasteiger partial charge in [0.15, 0.2) is 0 Å². The van der Waals surface area contributed by atoms with E-state index < -0.39 is 5.60 Å². The Morgan fingerprint density at radius 2 is 1.85 bits per heavy atom. The summed E-state index contributed by atoms with van der Waals surface area (Å²) in [5.41, 5.74) is 0.666. The number of carbonyl (C=O) groups excluding carboxylic acids is 2. The van der Waals surface area contributed by atoms with Gasteiger partial charge in [-0.2, -0.15) is 0 Å². The second-order valence-electron chi connectivity index (χ2n) is 6.80. The molecular formula is C20H19ClN2O3. The van der Waals surface area contributed by atoms with Crippen LogP contribution < -0.4 is 5.32 Å². The maximum Gasteiger partial charge on any atom is 0.227 e. The van der Waals surface area contributed by atoms with Gasteiger partial charge in [0.25, 0.3) is 0 Å². The first-order chi connectivity index (χ1) is 12.2. The average Bonchev–Trinajstić information content (AvgIpc) is 2.90. The number of rotatable bonds is 5. The van der Waals surface area contributed by atoms with Crippen molar-refractivity contribution in [2.75, 3.05) is 5.32 Å². The Morgan fingerprint density at radius 3 is 2.50 bits per heavy atom. The molecule has 1 aromatic heterocycles. The van der Waals surface area contributed by atoms with Gasteiger partial charge in [0, 0.05) is 21.5 Å². The van der Waals surface area contributed by atoms with Gasteiger partial charge in [-0.05, 0) is 32.0 Å². The summed E-state index contributed by atoms with van der Waals surface area (Å²) in [6, 6.07) is 13.9. The van der Waals surface area contributed by atoms with E-state index in [0.29, 0.717) is 27.2 Å². The molecule has 0 aliphatic heterocycles. The Bertz CT molecular complexity index is 972. The van der Waals surface area contributed by atoms with Crippen LogP contribution in [0, 0.1) is 0 Å². The number of ketones is 1. The molecular weight excluding hydrogens is 352 g/mol. The fourth-order valence-electron chi connectivity index (χ4n) is 2.78. The summed E-state index contributed by atoms with van der Waals surface area (Å²) in [5.74, 6) is -0.619. The lowest BCUT2D eigenvalue weighted by Crippen LogP contribution is -2.27. The highest BCUT2D eigenvalue weighted by molar-refractivity contribution is 6.31. The van der Waals surface area contributed by atoms with Crippen molar-refractivity contribution in [1.29, 1.82) is 0 Å². The van der Waals surface area contributed by atoms with E-state index in [1.165, 1.54) is 0 Å². The van der Waals surface area contributed by atoms with Crippen LogP contribution in [0.4, 0.5) is 5.69 Å². The predicted molar refractivity (Wildman–Crippen MR) is 103 cm³/mol. The molecule has 0 aliphatic rings. The van der Waals surface area contributed by atoms with Crippen LogP contribution >= 0.6 is 11.6 Å². The molecule has 0 radical (unpaired) electrons. The fourth-order valence-corrected chi connectivity index (χ4v) is 2.95. The van der Waals surface area contributed by atoms with Crippen molar-refractivity contribution in [3.63, 3.8) is 0 Å². The van der Waals surface area contributed by atoms with Crippen molar-refractivity contribution in [3.8, 4) is 0 Å². The first-order valence-corrected chi connectivity index (χ1v) is 8.55. The predicted octanol–water partition coefficient (Wildman–Crippen LogP) is 4.15. The van der Waals surface area contributed by atoms with Gasteiger partial charge in [-0.15, -0.1) is 0 Å². The van der Waals surface area contributed by atoms with Crippen molar-refractivity contribution in [2.24, 2.45) is 0 Å². The average molecular weight is 371 g/mol. The lowest BCUT2D eigenvalue weighted by atomic mass is 10.0. The van der Waals surface area contributed by atoms with Gasteiger partial charge in [-0.25, -0.2) is 0 Å². The minimum absolute atomic E-state index is 0.0910. The molecule has 3 aromatic rings. The molecule has 1 heterocycles. The summed E-state index contributed by atoms with van der Waals surface area (Å²) >= 11 is 6.04. The smallest absolute Gasteiger partial charge is 0.227 e. The maximum absolute atomic E-state index is 12.9. The van der Waals surface area contributed by atoms with E-state index in [2.05, 4.69) is 10.3 Å². The molecule has 0 aliphatic carbocycles. The number of amides is 1. The summed E-state index contributed by atoms with van der Waals surface area (Å²) in [7, 11) is 0. The Balaban J connectivity index is 2.07. The largest absolute Gasteiger partial charge is 0.390 e. The Labute approximate surface area is 156 Å². The summed E-state index contributed by atoms with van der Waals surface area (Å²) in [6.45, 7) is 3.11. The van der Waals surface area contributed by atoms with Crippen LogP contribution in [0.15, 0.2) is 48.5 Å². The van der Waals surface area contributed by atoms with Crippen molar-refractivity contribution in [2.45, 2.75) is 25.9 Å². The molecule has 6 heteroatoms. The monoisotopic (exact) mass is 370 g/mol. The third-order valence-corrected chi connectivity index (χ3v) is 4.12. The number of aromatic nitrogens is 1. The molecule has 1 amide bonds. The zero-order chi connectivity index (χ0) is 18.9. The van der Waals surface area contributed by atoms with Crippen molar-refractivity contribution < 1.29 is 14.7 Å². The van der Waals surface area contributed by atoms with Gasteiger partial charge in [-0.1, -0.05) is 41.9 Å². The minimum Gasteiger partial charge on any atom is -0.390 e. The van der Waals surface area contributed by atoms with Crippen molar-refractivity contribution in [1.82, 2.24) is 4.98 Å². The molecule has 134 valence electrons. The lowest BCUT2D eigenvalue weighted by molar-refractivity contribution is -0.119. The quantitative estimate of drug-likeness (QED) is 0.590. The highest BCUT2D eigenvalue weighted by atomic mass is 35.5. The molecule has 3 N–H and O–H groups in total. The van der Waals surface area contributed by atoms with Crippen LogP contribution in [0.1, 0.15) is 36.3 Å². The molecule has 0 atom stereocenters. The first-order valence-electron chi connectivity index (χ1n) is 8.18. The van der Waals surface area contributed by atoms with Crippen molar-refractivity contribution >= 4 is 39.9 Å². The van der Waals surface area contributed by atoms with Gasteiger partial charge in [0.2, 0.25) is 11.7 Å². The highest BCUT2D eigenvalue weighted by Gasteiger charge is 2.23. The zero-order valence-corrected chi connectivity index (χ0v) is 15.2. The second kappa shape index (κ2) is 6.94. The molecule has 0 saturated carbocycles. The number of nitrogens with one attached hydrogen (secondary N) is 2. The standard InChI is InChI=1S/C20H19ClN2O3/c1-20(2,26)11-16(24)23-17-14-9-8-13(21)10-15(14)22-18(17)19(25)12-6-4-3-5-7-12/h3-10,22,26H,11H2,1-2H3,(H,23,24). The van der Waals surface area contributed by atoms with E-state index >= 15 is 0 Å². The molecule has 0 bridgehead atoms. The zero-order valence-electron chi connectivity index (χ0n) is 14.5. The van der Waals surface area contributed by atoms with Crippen LogP contribution in [0.3, 0.4) is 0 Å². The molecule has 0 unspecified atom stereocenters. The van der Waals surface area contributed by atoms with E-state index in [0.717, 1.165) is 0 Å². The highest BCUT2D eigenvalue weighted by Crippen LogP contribution is 2.31. The number of carbonyl (C=O) groups is 2. The normalized spacial score (nSPS) is 11.5. The number of hydrogen-bond donors (Lipinski definition) is 3. The van der Waals surface area contributed by atoms with E-state index in [1.54, 1.807) is 56.3 Å². The number of anilines is 1. The van der Waals surface area contributed by atoms with Crippen LogP contribution in [-0.4, -0.2) is 27.4 Å².